The number of fused-ring (bicyclic) bond motifs is 1. The summed E-state index contributed by atoms with van der Waals surface area (Å²) in [6, 6.07) is 11.4. The minimum atomic E-state index is -0.202. The van der Waals surface area contributed by atoms with Crippen LogP contribution < -0.4 is 0 Å². The molecule has 1 aromatic heterocycles. The number of piperazine rings is 1. The van der Waals surface area contributed by atoms with E-state index in [0.29, 0.717) is 44.8 Å². The zero-order valence-electron chi connectivity index (χ0n) is 16.5. The maximum Gasteiger partial charge on any atom is 0.272 e. The minimum absolute atomic E-state index is 0.0194. The van der Waals surface area contributed by atoms with Crippen LogP contribution in [0, 0.1) is 0 Å². The third kappa shape index (κ3) is 3.99. The highest BCUT2D eigenvalue weighted by atomic mass is 16.2. The molecule has 4 rings (SSSR count). The first kappa shape index (κ1) is 19.1. The Morgan fingerprint density at radius 2 is 1.52 bits per heavy atom. The van der Waals surface area contributed by atoms with Gasteiger partial charge in [0.2, 0.25) is 5.91 Å². The molecule has 0 spiro atoms. The van der Waals surface area contributed by atoms with Crippen molar-refractivity contribution >= 4 is 17.7 Å². The van der Waals surface area contributed by atoms with E-state index in [1.165, 1.54) is 24.2 Å². The summed E-state index contributed by atoms with van der Waals surface area (Å²) in [6.07, 6.45) is 2.35. The van der Waals surface area contributed by atoms with Crippen LogP contribution in [0.4, 0.5) is 0 Å². The summed E-state index contributed by atoms with van der Waals surface area (Å²) in [5.41, 5.74) is 3.20. The van der Waals surface area contributed by atoms with Gasteiger partial charge in [-0.05, 0) is 29.7 Å². The van der Waals surface area contributed by atoms with Gasteiger partial charge in [-0.3, -0.25) is 19.4 Å². The van der Waals surface area contributed by atoms with Crippen molar-refractivity contribution in [2.45, 2.75) is 19.9 Å². The predicted octanol–water partition coefficient (Wildman–Crippen LogP) is 1.58. The highest BCUT2D eigenvalue weighted by Crippen LogP contribution is 2.20. The zero-order chi connectivity index (χ0) is 20.4. The molecular formula is C22H24N4O3. The Morgan fingerprint density at radius 1 is 0.828 bits per heavy atom. The molecule has 1 saturated heterocycles. The molecule has 0 saturated carbocycles. The maximum atomic E-state index is 13.0. The second-order valence-corrected chi connectivity index (χ2v) is 7.47. The van der Waals surface area contributed by atoms with Crippen molar-refractivity contribution in [3.8, 4) is 0 Å². The van der Waals surface area contributed by atoms with E-state index in [0.717, 1.165) is 6.42 Å². The first-order valence-corrected chi connectivity index (χ1v) is 9.90. The Bertz CT molecular complexity index is 951. The van der Waals surface area contributed by atoms with Crippen molar-refractivity contribution in [3.05, 3.63) is 65.0 Å². The van der Waals surface area contributed by atoms with Crippen molar-refractivity contribution in [3.63, 3.8) is 0 Å². The van der Waals surface area contributed by atoms with Gasteiger partial charge in [-0.2, -0.15) is 0 Å². The zero-order valence-corrected chi connectivity index (χ0v) is 16.5. The second-order valence-electron chi connectivity index (χ2n) is 7.47. The highest BCUT2D eigenvalue weighted by Gasteiger charge is 2.26. The number of carbonyl (C=O) groups excluding carboxylic acids is 3. The lowest BCUT2D eigenvalue weighted by Gasteiger charge is -2.34. The molecule has 0 bridgehead atoms. The first-order valence-electron chi connectivity index (χ1n) is 9.90. The van der Waals surface area contributed by atoms with E-state index in [9.17, 15) is 14.4 Å². The Kier molecular flexibility index (Phi) is 5.29. The van der Waals surface area contributed by atoms with Gasteiger partial charge in [0.1, 0.15) is 5.69 Å². The molecule has 150 valence electrons. The summed E-state index contributed by atoms with van der Waals surface area (Å²) in [6.45, 7) is 4.76. The molecule has 7 nitrogen and oxygen atoms in total. The Labute approximate surface area is 169 Å². The normalized spacial score (nSPS) is 16.4. The third-order valence-corrected chi connectivity index (χ3v) is 5.66. The number of aromatic nitrogens is 1. The molecular weight excluding hydrogens is 368 g/mol. The number of rotatable bonds is 2. The Morgan fingerprint density at radius 3 is 2.24 bits per heavy atom. The number of amides is 3. The van der Waals surface area contributed by atoms with Crippen LogP contribution in [-0.4, -0.2) is 70.1 Å². The molecule has 0 N–H and O–H groups in total. The fourth-order valence-electron chi connectivity index (χ4n) is 3.92. The molecule has 2 aromatic rings. The van der Waals surface area contributed by atoms with Gasteiger partial charge in [-0.25, -0.2) is 0 Å². The summed E-state index contributed by atoms with van der Waals surface area (Å²) >= 11 is 0. The fraction of sp³-hybridized carbons (Fsp3) is 0.364. The minimum Gasteiger partial charge on any atom is -0.339 e. The molecule has 3 amide bonds. The molecule has 0 aliphatic carbocycles. The lowest BCUT2D eigenvalue weighted by atomic mass is 9.99. The van der Waals surface area contributed by atoms with Crippen LogP contribution in [0.3, 0.4) is 0 Å². The quantitative estimate of drug-likeness (QED) is 0.778. The third-order valence-electron chi connectivity index (χ3n) is 5.66. The largest absolute Gasteiger partial charge is 0.339 e. The maximum absolute atomic E-state index is 13.0. The summed E-state index contributed by atoms with van der Waals surface area (Å²) in [5, 5.41) is 0. The van der Waals surface area contributed by atoms with Gasteiger partial charge < -0.3 is 14.7 Å². The van der Waals surface area contributed by atoms with Crippen molar-refractivity contribution in [2.75, 3.05) is 32.7 Å². The summed E-state index contributed by atoms with van der Waals surface area (Å²) in [4.78, 5) is 46.7. The van der Waals surface area contributed by atoms with Crippen LogP contribution in [0.2, 0.25) is 0 Å². The molecule has 7 heteroatoms. The van der Waals surface area contributed by atoms with E-state index >= 15 is 0 Å². The van der Waals surface area contributed by atoms with Crippen LogP contribution in [0.15, 0.2) is 42.6 Å². The van der Waals surface area contributed by atoms with Crippen molar-refractivity contribution in [2.24, 2.45) is 0 Å². The fourth-order valence-corrected chi connectivity index (χ4v) is 3.92. The van der Waals surface area contributed by atoms with Crippen LogP contribution in [-0.2, 0) is 17.8 Å². The smallest absolute Gasteiger partial charge is 0.272 e. The molecule has 0 unspecified atom stereocenters. The number of nitrogens with zero attached hydrogens (tertiary/aromatic N) is 4. The molecule has 0 atom stereocenters. The first-order chi connectivity index (χ1) is 14.0. The molecule has 2 aliphatic rings. The molecule has 1 aromatic carbocycles. The number of carbonyl (C=O) groups is 3. The van der Waals surface area contributed by atoms with Gasteiger partial charge >= 0.3 is 0 Å². The van der Waals surface area contributed by atoms with Gasteiger partial charge in [0, 0.05) is 58.0 Å². The van der Waals surface area contributed by atoms with Crippen LogP contribution in [0.1, 0.15) is 38.9 Å². The van der Waals surface area contributed by atoms with Crippen LogP contribution >= 0.6 is 0 Å². The molecule has 0 radical (unpaired) electrons. The average Bonchev–Trinajstić information content (AvgIpc) is 2.78. The lowest BCUT2D eigenvalue weighted by Crippen LogP contribution is -2.50. The SMILES string of the molecule is CC(=O)N1CCN(C(=O)c2cc(C(=O)N3CCc4ccccc4C3)ccn2)CC1. The number of benzene rings is 1. The monoisotopic (exact) mass is 392 g/mol. The van der Waals surface area contributed by atoms with Crippen molar-refractivity contribution in [1.29, 1.82) is 0 Å². The average molecular weight is 392 g/mol. The second kappa shape index (κ2) is 8.03. The Hall–Kier alpha value is -3.22. The van der Waals surface area contributed by atoms with E-state index in [1.54, 1.807) is 21.9 Å². The standard InChI is InChI=1S/C22H24N4O3/c1-16(27)24-10-12-25(13-11-24)22(29)20-14-18(6-8-23-20)21(28)26-9-7-17-4-2-3-5-19(17)15-26/h2-6,8,14H,7,9-13,15H2,1H3. The van der Waals surface area contributed by atoms with Gasteiger partial charge in [-0.1, -0.05) is 24.3 Å². The van der Waals surface area contributed by atoms with Gasteiger partial charge in [0.05, 0.1) is 0 Å². The van der Waals surface area contributed by atoms with Gasteiger partial charge in [0.15, 0.2) is 0 Å². The molecule has 2 aliphatic heterocycles. The van der Waals surface area contributed by atoms with E-state index in [2.05, 4.69) is 17.1 Å². The summed E-state index contributed by atoms with van der Waals surface area (Å²) < 4.78 is 0. The van der Waals surface area contributed by atoms with E-state index in [-0.39, 0.29) is 23.4 Å². The van der Waals surface area contributed by atoms with E-state index < -0.39 is 0 Å². The molecule has 3 heterocycles. The number of hydrogen-bond donors (Lipinski definition) is 0. The van der Waals surface area contributed by atoms with E-state index in [1.807, 2.05) is 17.0 Å². The van der Waals surface area contributed by atoms with Gasteiger partial charge in [0.25, 0.3) is 11.8 Å². The van der Waals surface area contributed by atoms with Crippen LogP contribution in [0.25, 0.3) is 0 Å². The van der Waals surface area contributed by atoms with Crippen LogP contribution in [0.5, 0.6) is 0 Å². The lowest BCUT2D eigenvalue weighted by molar-refractivity contribution is -0.130. The highest BCUT2D eigenvalue weighted by molar-refractivity contribution is 5.98. The Balaban J connectivity index is 1.45. The van der Waals surface area contributed by atoms with Crippen molar-refractivity contribution in [1.82, 2.24) is 19.7 Å². The summed E-state index contributed by atoms with van der Waals surface area (Å²) in [5.74, 6) is -0.268. The topological polar surface area (TPSA) is 73.8 Å². The van der Waals surface area contributed by atoms with Gasteiger partial charge in [-0.15, -0.1) is 0 Å². The summed E-state index contributed by atoms with van der Waals surface area (Å²) in [7, 11) is 0. The number of hydrogen-bond acceptors (Lipinski definition) is 4. The molecule has 1 fully saturated rings. The predicted molar refractivity (Wildman–Crippen MR) is 107 cm³/mol. The van der Waals surface area contributed by atoms with Crippen molar-refractivity contribution < 1.29 is 14.4 Å². The molecule has 29 heavy (non-hydrogen) atoms. The number of pyridine rings is 1. The van der Waals surface area contributed by atoms with E-state index in [4.69, 9.17) is 0 Å².